The van der Waals surface area contributed by atoms with Gasteiger partial charge < -0.3 is 10.4 Å². The number of carbonyl (C=O) groups is 1. The Hall–Kier alpha value is -1.91. The van der Waals surface area contributed by atoms with Crippen LogP contribution in [0.5, 0.6) is 0 Å². The first-order valence-electron chi connectivity index (χ1n) is 5.93. The van der Waals surface area contributed by atoms with Gasteiger partial charge in [0.2, 0.25) is 0 Å². The molecule has 2 aromatic carbocycles. The van der Waals surface area contributed by atoms with E-state index in [0.717, 1.165) is 5.56 Å². The standard InChI is InChI=1S/C15H14FNO2.ClH/c16-14-4-2-1-3-13(14)10-17-9-11-5-7-12(8-6-11)15(18)19;/h1-8,17H,9-10H2,(H,18,19);1H. The van der Waals surface area contributed by atoms with E-state index in [2.05, 4.69) is 5.32 Å². The molecule has 0 amide bonds. The van der Waals surface area contributed by atoms with Gasteiger partial charge in [-0.05, 0) is 23.8 Å². The molecule has 5 heteroatoms. The molecule has 20 heavy (non-hydrogen) atoms. The van der Waals surface area contributed by atoms with Crippen molar-refractivity contribution in [2.75, 3.05) is 0 Å². The molecule has 106 valence electrons. The Bertz CT molecular complexity index is 572. The zero-order valence-electron chi connectivity index (χ0n) is 10.7. The van der Waals surface area contributed by atoms with Crippen molar-refractivity contribution in [3.63, 3.8) is 0 Å². The molecule has 0 bridgehead atoms. The van der Waals surface area contributed by atoms with Crippen LogP contribution in [0, 0.1) is 5.82 Å². The minimum Gasteiger partial charge on any atom is -0.478 e. The van der Waals surface area contributed by atoms with E-state index in [1.54, 1.807) is 42.5 Å². The first-order chi connectivity index (χ1) is 9.16. The Labute approximate surface area is 122 Å². The van der Waals surface area contributed by atoms with Gasteiger partial charge in [-0.2, -0.15) is 0 Å². The monoisotopic (exact) mass is 295 g/mol. The molecule has 0 fully saturated rings. The topological polar surface area (TPSA) is 49.3 Å². The molecule has 0 aliphatic carbocycles. The van der Waals surface area contributed by atoms with Gasteiger partial charge in [0.15, 0.2) is 0 Å². The van der Waals surface area contributed by atoms with Crippen molar-refractivity contribution < 1.29 is 14.3 Å². The molecular formula is C15H15ClFNO2. The Morgan fingerprint density at radius 3 is 2.30 bits per heavy atom. The largest absolute Gasteiger partial charge is 0.478 e. The predicted octanol–water partition coefficient (Wildman–Crippen LogP) is 3.24. The molecule has 0 aromatic heterocycles. The predicted molar refractivity (Wildman–Crippen MR) is 77.6 cm³/mol. The molecule has 0 saturated heterocycles. The molecule has 2 aromatic rings. The second-order valence-corrected chi connectivity index (χ2v) is 4.20. The molecule has 0 saturated carbocycles. The van der Waals surface area contributed by atoms with Crippen molar-refractivity contribution in [2.45, 2.75) is 13.1 Å². The SMILES string of the molecule is Cl.O=C(O)c1ccc(CNCc2ccccc2F)cc1. The highest BCUT2D eigenvalue weighted by atomic mass is 35.5. The van der Waals surface area contributed by atoms with E-state index in [1.807, 2.05) is 0 Å². The lowest BCUT2D eigenvalue weighted by atomic mass is 10.1. The van der Waals surface area contributed by atoms with Crippen LogP contribution in [-0.4, -0.2) is 11.1 Å². The van der Waals surface area contributed by atoms with Gasteiger partial charge >= 0.3 is 5.97 Å². The summed E-state index contributed by atoms with van der Waals surface area (Å²) in [7, 11) is 0. The summed E-state index contributed by atoms with van der Waals surface area (Å²) < 4.78 is 13.4. The summed E-state index contributed by atoms with van der Waals surface area (Å²) in [4.78, 5) is 10.7. The number of carboxylic acids is 1. The molecule has 3 nitrogen and oxygen atoms in total. The maximum Gasteiger partial charge on any atom is 0.335 e. The third-order valence-electron chi connectivity index (χ3n) is 2.80. The zero-order valence-corrected chi connectivity index (χ0v) is 11.5. The van der Waals surface area contributed by atoms with Crippen LogP contribution < -0.4 is 5.32 Å². The average Bonchev–Trinajstić information content (AvgIpc) is 2.41. The Kier molecular flexibility index (Phi) is 6.15. The van der Waals surface area contributed by atoms with Crippen LogP contribution in [0.4, 0.5) is 4.39 Å². The normalized spacial score (nSPS) is 9.85. The van der Waals surface area contributed by atoms with Crippen LogP contribution in [0.2, 0.25) is 0 Å². The van der Waals surface area contributed by atoms with E-state index in [4.69, 9.17) is 5.11 Å². The maximum atomic E-state index is 13.4. The first kappa shape index (κ1) is 16.1. The minimum atomic E-state index is -0.939. The van der Waals surface area contributed by atoms with Gasteiger partial charge in [0.05, 0.1) is 5.56 Å². The minimum absolute atomic E-state index is 0. The van der Waals surface area contributed by atoms with Gasteiger partial charge in [-0.15, -0.1) is 12.4 Å². The van der Waals surface area contributed by atoms with E-state index in [9.17, 15) is 9.18 Å². The summed E-state index contributed by atoms with van der Waals surface area (Å²) in [6.45, 7) is 1.00. The maximum absolute atomic E-state index is 13.4. The number of aromatic carboxylic acids is 1. The van der Waals surface area contributed by atoms with Crippen LogP contribution in [0.15, 0.2) is 48.5 Å². The zero-order chi connectivity index (χ0) is 13.7. The van der Waals surface area contributed by atoms with Crippen molar-refractivity contribution >= 4 is 18.4 Å². The highest BCUT2D eigenvalue weighted by molar-refractivity contribution is 5.87. The molecular weight excluding hydrogens is 281 g/mol. The van der Waals surface area contributed by atoms with Gasteiger partial charge in [0.1, 0.15) is 5.82 Å². The third-order valence-corrected chi connectivity index (χ3v) is 2.80. The number of hydrogen-bond donors (Lipinski definition) is 2. The van der Waals surface area contributed by atoms with Crippen molar-refractivity contribution in [3.05, 3.63) is 71.0 Å². The van der Waals surface area contributed by atoms with E-state index in [0.29, 0.717) is 18.7 Å². The molecule has 0 unspecified atom stereocenters. The van der Waals surface area contributed by atoms with Crippen molar-refractivity contribution in [3.8, 4) is 0 Å². The highest BCUT2D eigenvalue weighted by Crippen LogP contribution is 2.07. The Morgan fingerprint density at radius 1 is 1.05 bits per heavy atom. The fourth-order valence-corrected chi connectivity index (χ4v) is 1.75. The number of halogens is 2. The molecule has 0 radical (unpaired) electrons. The molecule has 0 aliphatic rings. The number of hydrogen-bond acceptors (Lipinski definition) is 2. The molecule has 2 rings (SSSR count). The fraction of sp³-hybridized carbons (Fsp3) is 0.133. The fourth-order valence-electron chi connectivity index (χ4n) is 1.75. The number of nitrogens with one attached hydrogen (secondary N) is 1. The second-order valence-electron chi connectivity index (χ2n) is 4.20. The summed E-state index contributed by atoms with van der Waals surface area (Å²) in [6, 6.07) is 13.2. The second kappa shape index (κ2) is 7.62. The number of benzene rings is 2. The van der Waals surface area contributed by atoms with E-state index in [-0.39, 0.29) is 23.8 Å². The lowest BCUT2D eigenvalue weighted by Gasteiger charge is -2.06. The highest BCUT2D eigenvalue weighted by Gasteiger charge is 2.02. The molecule has 0 aliphatic heterocycles. The van der Waals surface area contributed by atoms with Gasteiger partial charge in [0, 0.05) is 18.7 Å². The summed E-state index contributed by atoms with van der Waals surface area (Å²) in [5.41, 5.74) is 1.84. The Morgan fingerprint density at radius 2 is 1.70 bits per heavy atom. The van der Waals surface area contributed by atoms with Crippen molar-refractivity contribution in [2.24, 2.45) is 0 Å². The van der Waals surface area contributed by atoms with Crippen LogP contribution in [-0.2, 0) is 13.1 Å². The van der Waals surface area contributed by atoms with Crippen LogP contribution in [0.3, 0.4) is 0 Å². The summed E-state index contributed by atoms with van der Waals surface area (Å²) in [5, 5.41) is 11.9. The van der Waals surface area contributed by atoms with Gasteiger partial charge in [0.25, 0.3) is 0 Å². The Balaban J connectivity index is 0.00000200. The van der Waals surface area contributed by atoms with Crippen LogP contribution in [0.1, 0.15) is 21.5 Å². The first-order valence-corrected chi connectivity index (χ1v) is 5.93. The molecule has 2 N–H and O–H groups in total. The van der Waals surface area contributed by atoms with Gasteiger partial charge in [-0.3, -0.25) is 0 Å². The van der Waals surface area contributed by atoms with Crippen molar-refractivity contribution in [1.29, 1.82) is 0 Å². The average molecular weight is 296 g/mol. The van der Waals surface area contributed by atoms with E-state index < -0.39 is 5.97 Å². The quantitative estimate of drug-likeness (QED) is 0.890. The van der Waals surface area contributed by atoms with Crippen LogP contribution in [0.25, 0.3) is 0 Å². The van der Waals surface area contributed by atoms with Crippen molar-refractivity contribution in [1.82, 2.24) is 5.32 Å². The summed E-state index contributed by atoms with van der Waals surface area (Å²) in [6.07, 6.45) is 0. The van der Waals surface area contributed by atoms with E-state index in [1.165, 1.54) is 6.07 Å². The van der Waals surface area contributed by atoms with Crippen LogP contribution >= 0.6 is 12.4 Å². The lowest BCUT2D eigenvalue weighted by Crippen LogP contribution is -2.13. The van der Waals surface area contributed by atoms with Gasteiger partial charge in [-0.1, -0.05) is 30.3 Å². The summed E-state index contributed by atoms with van der Waals surface area (Å²) in [5.74, 6) is -1.16. The smallest absolute Gasteiger partial charge is 0.335 e. The third kappa shape index (κ3) is 4.33. The van der Waals surface area contributed by atoms with Gasteiger partial charge in [-0.25, -0.2) is 9.18 Å². The molecule has 0 atom stereocenters. The number of carboxylic acid groups (broad SMARTS) is 1. The molecule has 0 heterocycles. The summed E-state index contributed by atoms with van der Waals surface area (Å²) >= 11 is 0. The lowest BCUT2D eigenvalue weighted by molar-refractivity contribution is 0.0697. The number of rotatable bonds is 5. The molecule has 0 spiro atoms. The van der Waals surface area contributed by atoms with E-state index >= 15 is 0 Å².